The molecule has 1 amide bonds. The average molecular weight is 514 g/mol. The van der Waals surface area contributed by atoms with Crippen LogP contribution in [0.25, 0.3) is 11.1 Å². The molecule has 0 atom stereocenters. The highest BCUT2D eigenvalue weighted by Gasteiger charge is 2.17. The number of aromatic nitrogens is 1. The van der Waals surface area contributed by atoms with Gasteiger partial charge >= 0.3 is 0 Å². The Bertz CT molecular complexity index is 1330. The Balaban J connectivity index is 1.56. The molecule has 0 bridgehead atoms. The molecule has 0 aliphatic carbocycles. The highest BCUT2D eigenvalue weighted by Crippen LogP contribution is 2.35. The fourth-order valence-electron chi connectivity index (χ4n) is 4.54. The summed E-state index contributed by atoms with van der Waals surface area (Å²) in [4.78, 5) is 23.9. The van der Waals surface area contributed by atoms with Crippen molar-refractivity contribution in [3.63, 3.8) is 0 Å². The van der Waals surface area contributed by atoms with Gasteiger partial charge in [0.2, 0.25) is 17.8 Å². The number of benzene rings is 2. The van der Waals surface area contributed by atoms with Gasteiger partial charge in [0.05, 0.1) is 12.1 Å². The summed E-state index contributed by atoms with van der Waals surface area (Å²) in [6, 6.07) is 18.7. The van der Waals surface area contributed by atoms with Crippen LogP contribution >= 0.6 is 0 Å². The lowest BCUT2D eigenvalue weighted by molar-refractivity contribution is -0.125. The van der Waals surface area contributed by atoms with Crippen molar-refractivity contribution in [2.24, 2.45) is 0 Å². The lowest BCUT2D eigenvalue weighted by Gasteiger charge is -2.17. The van der Waals surface area contributed by atoms with Crippen molar-refractivity contribution < 1.29 is 14.0 Å². The van der Waals surface area contributed by atoms with E-state index in [0.717, 1.165) is 53.8 Å². The molecule has 2 aromatic carbocycles. The maximum absolute atomic E-state index is 13.9. The van der Waals surface area contributed by atoms with Crippen LogP contribution < -0.4 is 16.1 Å². The fourth-order valence-corrected chi connectivity index (χ4v) is 4.54. The van der Waals surface area contributed by atoms with Gasteiger partial charge in [-0.05, 0) is 59.7 Å². The minimum absolute atomic E-state index is 0.0185. The van der Waals surface area contributed by atoms with Crippen molar-refractivity contribution in [3.8, 4) is 5.88 Å². The molecule has 1 saturated heterocycles. The average Bonchev–Trinajstić information content (AvgIpc) is 3.48. The van der Waals surface area contributed by atoms with Crippen molar-refractivity contribution in [2.45, 2.75) is 26.2 Å². The predicted octanol–water partition coefficient (Wildman–Crippen LogP) is 5.39. The van der Waals surface area contributed by atoms with E-state index in [2.05, 4.69) is 17.4 Å². The van der Waals surface area contributed by atoms with Gasteiger partial charge in [0, 0.05) is 42.7 Å². The van der Waals surface area contributed by atoms with Crippen molar-refractivity contribution >= 4 is 28.7 Å². The Morgan fingerprint density at radius 2 is 1.84 bits per heavy atom. The Hall–Kier alpha value is -4.30. The molecule has 1 aromatic heterocycles. The predicted molar refractivity (Wildman–Crippen MR) is 149 cm³/mol. The van der Waals surface area contributed by atoms with Crippen LogP contribution in [0.4, 0.5) is 10.1 Å². The standard InChI is InChI=1S/C30H32FN5O2/c1-2-24(21-9-4-3-5-10-21)29(22-12-14-26(32)25(19-22)30(31)33)23-13-15-27(34-20-23)38-35-16-8-11-28(37)36-17-6-7-18-36/h3-5,8-15,19-20,33,35H,2,6-7,16-18,32H2,1H3/b11-8+,29-24-,33-30?. The molecular weight excluding hydrogens is 481 g/mol. The number of pyridine rings is 1. The maximum Gasteiger partial charge on any atom is 0.246 e. The van der Waals surface area contributed by atoms with E-state index < -0.39 is 5.97 Å². The molecule has 1 fully saturated rings. The summed E-state index contributed by atoms with van der Waals surface area (Å²) < 4.78 is 13.9. The van der Waals surface area contributed by atoms with Crippen LogP contribution in [-0.2, 0) is 4.79 Å². The molecule has 1 aliphatic rings. The van der Waals surface area contributed by atoms with Crippen LogP contribution in [0.1, 0.15) is 48.4 Å². The monoisotopic (exact) mass is 513 g/mol. The third-order valence-electron chi connectivity index (χ3n) is 6.44. The molecule has 0 spiro atoms. The number of hydrogen-bond donors (Lipinski definition) is 3. The number of anilines is 1. The zero-order valence-electron chi connectivity index (χ0n) is 21.4. The number of halogens is 1. The van der Waals surface area contributed by atoms with Crippen LogP contribution in [0, 0.1) is 5.41 Å². The number of amides is 1. The number of rotatable bonds is 10. The molecule has 4 N–H and O–H groups in total. The number of carbonyl (C=O) groups is 1. The number of likely N-dealkylation sites (tertiary alicyclic amines) is 1. The van der Waals surface area contributed by atoms with Gasteiger partial charge in [-0.2, -0.15) is 9.87 Å². The van der Waals surface area contributed by atoms with Gasteiger partial charge in [-0.25, -0.2) is 4.98 Å². The Morgan fingerprint density at radius 1 is 1.11 bits per heavy atom. The van der Waals surface area contributed by atoms with Gasteiger partial charge in [-0.15, -0.1) is 0 Å². The highest BCUT2D eigenvalue weighted by atomic mass is 19.1. The fraction of sp³-hybridized carbons (Fsp3) is 0.233. The molecule has 196 valence electrons. The van der Waals surface area contributed by atoms with Gasteiger partial charge in [-0.1, -0.05) is 49.4 Å². The molecule has 0 unspecified atom stereocenters. The van der Waals surface area contributed by atoms with Gasteiger partial charge in [0.25, 0.3) is 0 Å². The van der Waals surface area contributed by atoms with Gasteiger partial charge in [-0.3, -0.25) is 10.2 Å². The van der Waals surface area contributed by atoms with E-state index >= 15 is 0 Å². The van der Waals surface area contributed by atoms with Gasteiger partial charge in [0.1, 0.15) is 0 Å². The first-order chi connectivity index (χ1) is 18.5. The number of nitrogens with zero attached hydrogens (tertiary/aromatic N) is 2. The Kier molecular flexibility index (Phi) is 9.00. The van der Waals surface area contributed by atoms with Crippen molar-refractivity contribution in [1.82, 2.24) is 15.4 Å². The second kappa shape index (κ2) is 12.8. The van der Waals surface area contributed by atoms with E-state index in [1.165, 1.54) is 0 Å². The van der Waals surface area contributed by atoms with Crippen LogP contribution in [0.3, 0.4) is 0 Å². The van der Waals surface area contributed by atoms with E-state index in [9.17, 15) is 9.18 Å². The van der Waals surface area contributed by atoms with Crippen molar-refractivity contribution in [3.05, 3.63) is 101 Å². The van der Waals surface area contributed by atoms with Crippen LogP contribution in [-0.4, -0.2) is 41.4 Å². The first kappa shape index (κ1) is 26.8. The second-order valence-corrected chi connectivity index (χ2v) is 8.96. The van der Waals surface area contributed by atoms with Crippen LogP contribution in [0.5, 0.6) is 5.88 Å². The van der Waals surface area contributed by atoms with E-state index in [-0.39, 0.29) is 17.2 Å². The lowest BCUT2D eigenvalue weighted by Crippen LogP contribution is -2.26. The number of allylic oxidation sites excluding steroid dienone is 1. The van der Waals surface area contributed by atoms with Gasteiger partial charge in [0.15, 0.2) is 0 Å². The molecule has 2 heterocycles. The number of carbonyl (C=O) groups excluding carboxylic acids is 1. The van der Waals surface area contributed by atoms with Crippen molar-refractivity contribution in [2.75, 3.05) is 25.4 Å². The van der Waals surface area contributed by atoms with E-state index in [1.54, 1.807) is 36.5 Å². The summed E-state index contributed by atoms with van der Waals surface area (Å²) in [5, 5.41) is 7.50. The molecule has 1 aliphatic heterocycles. The molecular formula is C30H32FN5O2. The number of hydroxylamine groups is 1. The molecule has 3 aromatic rings. The SMILES string of the molecule is CC/C(=C(/c1ccc(ONC/C=C/C(=O)N2CCCC2)nc1)c1ccc(N)c(C(=N)F)c1)c1ccccc1. The quantitative estimate of drug-likeness (QED) is 0.0842. The van der Waals surface area contributed by atoms with Crippen LogP contribution in [0.2, 0.25) is 0 Å². The third-order valence-corrected chi connectivity index (χ3v) is 6.44. The van der Waals surface area contributed by atoms with Gasteiger partial charge < -0.3 is 15.5 Å². The molecule has 0 radical (unpaired) electrons. The van der Waals surface area contributed by atoms with Crippen LogP contribution in [0.15, 0.2) is 79.0 Å². The summed E-state index contributed by atoms with van der Waals surface area (Å²) in [5.74, 6) is -0.691. The molecule has 7 nitrogen and oxygen atoms in total. The smallest absolute Gasteiger partial charge is 0.246 e. The topological polar surface area (TPSA) is 104 Å². The van der Waals surface area contributed by atoms with E-state index in [1.807, 2.05) is 47.4 Å². The minimum atomic E-state index is -1.08. The minimum Gasteiger partial charge on any atom is -0.398 e. The Labute approximate surface area is 222 Å². The zero-order valence-corrected chi connectivity index (χ0v) is 21.4. The number of nitrogens with two attached hydrogens (primary N) is 1. The number of hydrogen-bond acceptors (Lipinski definition) is 6. The normalized spacial score (nSPS) is 14.0. The first-order valence-electron chi connectivity index (χ1n) is 12.7. The number of nitrogens with one attached hydrogen (secondary N) is 2. The number of nitrogen functional groups attached to an aromatic ring is 1. The molecule has 0 saturated carbocycles. The molecule has 38 heavy (non-hydrogen) atoms. The largest absolute Gasteiger partial charge is 0.398 e. The van der Waals surface area contributed by atoms with E-state index in [0.29, 0.717) is 18.8 Å². The second-order valence-electron chi connectivity index (χ2n) is 8.96. The molecule has 4 rings (SSSR count). The first-order valence-corrected chi connectivity index (χ1v) is 12.7. The Morgan fingerprint density at radius 3 is 2.50 bits per heavy atom. The third kappa shape index (κ3) is 6.52. The summed E-state index contributed by atoms with van der Waals surface area (Å²) in [5.41, 5.74) is 13.5. The summed E-state index contributed by atoms with van der Waals surface area (Å²) >= 11 is 0. The summed E-state index contributed by atoms with van der Waals surface area (Å²) in [6.45, 7) is 4.05. The van der Waals surface area contributed by atoms with Crippen molar-refractivity contribution in [1.29, 1.82) is 5.41 Å². The lowest BCUT2D eigenvalue weighted by atomic mass is 9.88. The molecule has 8 heteroatoms. The summed E-state index contributed by atoms with van der Waals surface area (Å²) in [6.07, 6.45) is 7.82. The maximum atomic E-state index is 13.9. The summed E-state index contributed by atoms with van der Waals surface area (Å²) in [7, 11) is 0. The van der Waals surface area contributed by atoms with E-state index in [4.69, 9.17) is 16.0 Å². The zero-order chi connectivity index (χ0) is 26.9. The highest BCUT2D eigenvalue weighted by molar-refractivity contribution is 6.02.